The molecule has 0 spiro atoms. The fourth-order valence-corrected chi connectivity index (χ4v) is 3.39. The fourth-order valence-electron chi connectivity index (χ4n) is 3.39. The third-order valence-corrected chi connectivity index (χ3v) is 5.08. The Morgan fingerprint density at radius 2 is 1.95 bits per heavy atom. The van der Waals surface area contributed by atoms with Gasteiger partial charge >= 0.3 is 0 Å². The number of rotatable bonds is 6. The van der Waals surface area contributed by atoms with E-state index < -0.39 is 0 Å². The normalized spacial score (nSPS) is 17.7. The number of nitrogens with zero attached hydrogens (tertiary/aromatic N) is 1. The van der Waals surface area contributed by atoms with Crippen LogP contribution >= 0.6 is 0 Å². The lowest BCUT2D eigenvalue weighted by Crippen LogP contribution is -2.27. The monoisotopic (exact) mass is 274 g/mol. The van der Waals surface area contributed by atoms with Gasteiger partial charge in [-0.05, 0) is 49.8 Å². The van der Waals surface area contributed by atoms with Crippen LogP contribution in [0.5, 0.6) is 0 Å². The highest BCUT2D eigenvalue weighted by atomic mass is 15.2. The second kappa shape index (κ2) is 6.62. The summed E-state index contributed by atoms with van der Waals surface area (Å²) in [5, 5.41) is 3.48. The average Bonchev–Trinajstić information content (AvgIpc) is 2.90. The number of hydrogen-bond acceptors (Lipinski definition) is 2. The maximum absolute atomic E-state index is 3.48. The molecule has 2 nitrogen and oxygen atoms in total. The van der Waals surface area contributed by atoms with E-state index >= 15 is 0 Å². The lowest BCUT2D eigenvalue weighted by Gasteiger charge is -2.28. The van der Waals surface area contributed by atoms with Crippen LogP contribution in [-0.2, 0) is 6.54 Å². The van der Waals surface area contributed by atoms with Crippen molar-refractivity contribution in [2.24, 2.45) is 5.41 Å². The van der Waals surface area contributed by atoms with E-state index in [-0.39, 0.29) is 0 Å². The van der Waals surface area contributed by atoms with E-state index in [1.54, 1.807) is 0 Å². The van der Waals surface area contributed by atoms with Crippen molar-refractivity contribution in [2.75, 3.05) is 24.5 Å². The van der Waals surface area contributed by atoms with Crippen molar-refractivity contribution >= 4 is 5.69 Å². The molecule has 0 aromatic heterocycles. The molecule has 1 heterocycles. The molecule has 0 saturated carbocycles. The van der Waals surface area contributed by atoms with Crippen LogP contribution in [0.3, 0.4) is 0 Å². The molecule has 112 valence electrons. The summed E-state index contributed by atoms with van der Waals surface area (Å²) < 4.78 is 0. The lowest BCUT2D eigenvalue weighted by molar-refractivity contribution is 0.301. The summed E-state index contributed by atoms with van der Waals surface area (Å²) in [5.74, 6) is 0. The quantitative estimate of drug-likeness (QED) is 0.839. The zero-order valence-corrected chi connectivity index (χ0v) is 13.6. The van der Waals surface area contributed by atoms with Crippen molar-refractivity contribution in [1.82, 2.24) is 5.32 Å². The molecule has 1 aliphatic heterocycles. The highest BCUT2D eigenvalue weighted by molar-refractivity contribution is 5.56. The van der Waals surface area contributed by atoms with Gasteiger partial charge in [0.05, 0.1) is 0 Å². The van der Waals surface area contributed by atoms with E-state index in [9.17, 15) is 0 Å². The molecular formula is C18H30N2. The van der Waals surface area contributed by atoms with Crippen LogP contribution < -0.4 is 10.2 Å². The van der Waals surface area contributed by atoms with Gasteiger partial charge in [-0.2, -0.15) is 0 Å². The summed E-state index contributed by atoms with van der Waals surface area (Å²) in [6, 6.07) is 6.92. The van der Waals surface area contributed by atoms with Crippen molar-refractivity contribution in [1.29, 1.82) is 0 Å². The first-order valence-electron chi connectivity index (χ1n) is 8.19. The Bertz CT molecular complexity index is 435. The molecular weight excluding hydrogens is 244 g/mol. The van der Waals surface area contributed by atoms with Gasteiger partial charge < -0.3 is 10.2 Å². The molecule has 1 aliphatic rings. The van der Waals surface area contributed by atoms with Crippen LogP contribution in [0.25, 0.3) is 0 Å². The maximum atomic E-state index is 3.48. The Morgan fingerprint density at radius 1 is 1.20 bits per heavy atom. The van der Waals surface area contributed by atoms with Gasteiger partial charge in [-0.15, -0.1) is 0 Å². The number of nitrogens with one attached hydrogen (secondary N) is 1. The van der Waals surface area contributed by atoms with Gasteiger partial charge in [0, 0.05) is 25.3 Å². The van der Waals surface area contributed by atoms with E-state index in [2.05, 4.69) is 56.1 Å². The lowest BCUT2D eigenvalue weighted by atomic mass is 9.82. The van der Waals surface area contributed by atoms with Gasteiger partial charge in [-0.1, -0.05) is 38.5 Å². The first-order valence-corrected chi connectivity index (χ1v) is 8.19. The predicted molar refractivity (Wildman–Crippen MR) is 88.4 cm³/mol. The third kappa shape index (κ3) is 3.17. The van der Waals surface area contributed by atoms with Gasteiger partial charge in [0.2, 0.25) is 0 Å². The molecule has 0 amide bonds. The third-order valence-electron chi connectivity index (χ3n) is 5.08. The SMILES string of the molecule is CCNCc1cc(C)ccc1N1CCC(CC)(CC)C1. The van der Waals surface area contributed by atoms with E-state index in [0.717, 1.165) is 13.1 Å². The van der Waals surface area contributed by atoms with Gasteiger partial charge in [-0.25, -0.2) is 0 Å². The van der Waals surface area contributed by atoms with Crippen molar-refractivity contribution in [3.05, 3.63) is 29.3 Å². The first-order chi connectivity index (χ1) is 9.64. The minimum Gasteiger partial charge on any atom is -0.371 e. The molecule has 0 aliphatic carbocycles. The Morgan fingerprint density at radius 3 is 2.55 bits per heavy atom. The molecule has 20 heavy (non-hydrogen) atoms. The van der Waals surface area contributed by atoms with Crippen molar-refractivity contribution in [3.63, 3.8) is 0 Å². The maximum Gasteiger partial charge on any atom is 0.0412 e. The van der Waals surface area contributed by atoms with Gasteiger partial charge in [-0.3, -0.25) is 0 Å². The molecule has 1 N–H and O–H groups in total. The standard InChI is InChI=1S/C18H30N2/c1-5-18(6-2)10-11-20(14-18)17-9-8-15(4)12-16(17)13-19-7-3/h8-9,12,19H,5-7,10-11,13-14H2,1-4H3. The van der Waals surface area contributed by atoms with E-state index in [4.69, 9.17) is 0 Å². The largest absolute Gasteiger partial charge is 0.371 e. The molecule has 0 bridgehead atoms. The number of anilines is 1. The van der Waals surface area contributed by atoms with Gasteiger partial charge in [0.15, 0.2) is 0 Å². The minimum absolute atomic E-state index is 0.542. The Labute approximate surface area is 124 Å². The van der Waals surface area contributed by atoms with E-state index in [1.165, 1.54) is 49.2 Å². The topological polar surface area (TPSA) is 15.3 Å². The first kappa shape index (κ1) is 15.4. The molecule has 1 fully saturated rings. The second-order valence-corrected chi connectivity index (χ2v) is 6.29. The molecule has 2 rings (SSSR count). The Balaban J connectivity index is 2.20. The molecule has 0 atom stereocenters. The van der Waals surface area contributed by atoms with Crippen LogP contribution in [0, 0.1) is 12.3 Å². The Kier molecular flexibility index (Phi) is 5.09. The summed E-state index contributed by atoms with van der Waals surface area (Å²) in [6.07, 6.45) is 3.94. The van der Waals surface area contributed by atoms with Gasteiger partial charge in [0.25, 0.3) is 0 Å². The van der Waals surface area contributed by atoms with Crippen molar-refractivity contribution in [3.8, 4) is 0 Å². The summed E-state index contributed by atoms with van der Waals surface area (Å²) in [7, 11) is 0. The number of benzene rings is 1. The van der Waals surface area contributed by atoms with Crippen LogP contribution in [0.2, 0.25) is 0 Å². The van der Waals surface area contributed by atoms with Crippen molar-refractivity contribution < 1.29 is 0 Å². The van der Waals surface area contributed by atoms with Crippen LogP contribution in [0.4, 0.5) is 5.69 Å². The smallest absolute Gasteiger partial charge is 0.0412 e. The number of hydrogen-bond donors (Lipinski definition) is 1. The highest BCUT2D eigenvalue weighted by Gasteiger charge is 2.35. The zero-order chi connectivity index (χ0) is 14.6. The van der Waals surface area contributed by atoms with Crippen LogP contribution in [0.15, 0.2) is 18.2 Å². The minimum atomic E-state index is 0.542. The van der Waals surface area contributed by atoms with E-state index in [1.807, 2.05) is 0 Å². The van der Waals surface area contributed by atoms with Gasteiger partial charge in [0.1, 0.15) is 0 Å². The molecule has 1 aromatic carbocycles. The highest BCUT2D eigenvalue weighted by Crippen LogP contribution is 2.40. The van der Waals surface area contributed by atoms with Crippen molar-refractivity contribution in [2.45, 2.75) is 53.5 Å². The summed E-state index contributed by atoms with van der Waals surface area (Å²) in [4.78, 5) is 2.61. The summed E-state index contributed by atoms with van der Waals surface area (Å²) in [6.45, 7) is 13.5. The molecule has 0 radical (unpaired) electrons. The zero-order valence-electron chi connectivity index (χ0n) is 13.6. The fraction of sp³-hybridized carbons (Fsp3) is 0.667. The average molecular weight is 274 g/mol. The second-order valence-electron chi connectivity index (χ2n) is 6.29. The Hall–Kier alpha value is -1.02. The van der Waals surface area contributed by atoms with Crippen LogP contribution in [0.1, 0.15) is 51.2 Å². The van der Waals surface area contributed by atoms with E-state index in [0.29, 0.717) is 5.41 Å². The molecule has 1 aromatic rings. The van der Waals surface area contributed by atoms with Crippen LogP contribution in [-0.4, -0.2) is 19.6 Å². The molecule has 2 heteroatoms. The summed E-state index contributed by atoms with van der Waals surface area (Å²) >= 11 is 0. The molecule has 0 unspecified atom stereocenters. The summed E-state index contributed by atoms with van der Waals surface area (Å²) in [5.41, 5.74) is 4.80. The predicted octanol–water partition coefficient (Wildman–Crippen LogP) is 4.12. The number of aryl methyl sites for hydroxylation is 1. The molecule has 1 saturated heterocycles.